The Balaban J connectivity index is 1.27. The van der Waals surface area contributed by atoms with Crippen LogP contribution in [0.15, 0.2) is 18.3 Å². The highest BCUT2D eigenvalue weighted by Gasteiger charge is 2.28. The Morgan fingerprint density at radius 2 is 2.00 bits per heavy atom. The summed E-state index contributed by atoms with van der Waals surface area (Å²) < 4.78 is 5.26. The second-order valence-electron chi connectivity index (χ2n) is 8.21. The van der Waals surface area contributed by atoms with Gasteiger partial charge in [-0.2, -0.15) is 5.26 Å². The number of aryl methyl sites for hydroxylation is 1. The van der Waals surface area contributed by atoms with E-state index < -0.39 is 24.4 Å². The van der Waals surface area contributed by atoms with Crippen LogP contribution in [0.25, 0.3) is 0 Å². The average molecular weight is 468 g/mol. The number of anilines is 2. The SMILES string of the molecule is N#Cc1ccc(N2CCC(C(=O)OCC(=O)Nc3sc4c(c3C(N)=O)CCCC4)CC2)nc1. The van der Waals surface area contributed by atoms with Crippen LogP contribution in [-0.4, -0.2) is 42.5 Å². The zero-order chi connectivity index (χ0) is 23.4. The number of hydrogen-bond donors (Lipinski definition) is 2. The average Bonchev–Trinajstić information content (AvgIpc) is 3.20. The lowest BCUT2D eigenvalue weighted by Gasteiger charge is -2.31. The number of carbonyl (C=O) groups excluding carboxylic acids is 3. The molecule has 1 aliphatic carbocycles. The van der Waals surface area contributed by atoms with Gasteiger partial charge < -0.3 is 20.7 Å². The molecule has 2 aromatic rings. The summed E-state index contributed by atoms with van der Waals surface area (Å²) in [7, 11) is 0. The number of carbonyl (C=O) groups is 3. The lowest BCUT2D eigenvalue weighted by Crippen LogP contribution is -2.38. The van der Waals surface area contributed by atoms with Crippen LogP contribution in [0.5, 0.6) is 0 Å². The predicted molar refractivity (Wildman–Crippen MR) is 123 cm³/mol. The zero-order valence-corrected chi connectivity index (χ0v) is 19.0. The number of amides is 2. The van der Waals surface area contributed by atoms with E-state index in [-0.39, 0.29) is 5.92 Å². The number of nitrogens with zero attached hydrogens (tertiary/aromatic N) is 3. The third-order valence-electron chi connectivity index (χ3n) is 6.05. The molecule has 3 N–H and O–H groups in total. The van der Waals surface area contributed by atoms with Crippen LogP contribution in [0.2, 0.25) is 0 Å². The number of aromatic nitrogens is 1. The molecule has 0 aromatic carbocycles. The summed E-state index contributed by atoms with van der Waals surface area (Å²) in [5, 5.41) is 12.0. The van der Waals surface area contributed by atoms with Gasteiger partial charge in [0.25, 0.3) is 11.8 Å². The number of nitrogens with two attached hydrogens (primary N) is 1. The second kappa shape index (κ2) is 10.0. The van der Waals surface area contributed by atoms with E-state index in [4.69, 9.17) is 15.7 Å². The largest absolute Gasteiger partial charge is 0.455 e. The second-order valence-corrected chi connectivity index (χ2v) is 9.32. The number of pyridine rings is 1. The molecule has 10 heteroatoms. The van der Waals surface area contributed by atoms with Crippen molar-refractivity contribution in [2.75, 3.05) is 29.9 Å². The van der Waals surface area contributed by atoms with Crippen molar-refractivity contribution in [3.8, 4) is 6.07 Å². The quantitative estimate of drug-likeness (QED) is 0.622. The number of primary amides is 1. The Hall–Kier alpha value is -3.45. The highest BCUT2D eigenvalue weighted by molar-refractivity contribution is 7.17. The summed E-state index contributed by atoms with van der Waals surface area (Å²) in [6.07, 6.45) is 6.42. The van der Waals surface area contributed by atoms with Gasteiger partial charge in [0.05, 0.1) is 17.0 Å². The fraction of sp³-hybridized carbons (Fsp3) is 0.435. The highest BCUT2D eigenvalue weighted by atomic mass is 32.1. The molecule has 1 aliphatic heterocycles. The number of ether oxygens (including phenoxy) is 1. The number of nitrogens with one attached hydrogen (secondary N) is 1. The number of nitriles is 1. The monoisotopic (exact) mass is 467 g/mol. The van der Waals surface area contributed by atoms with E-state index in [1.54, 1.807) is 12.1 Å². The summed E-state index contributed by atoms with van der Waals surface area (Å²) in [6.45, 7) is 0.859. The van der Waals surface area contributed by atoms with E-state index in [9.17, 15) is 14.4 Å². The van der Waals surface area contributed by atoms with Crippen molar-refractivity contribution in [1.29, 1.82) is 5.26 Å². The molecular formula is C23H25N5O4S. The standard InChI is InChI=1S/C23H25N5O4S/c24-11-14-5-6-18(26-12-14)28-9-7-15(8-10-28)23(31)32-13-19(29)27-22-20(21(25)30)16-3-1-2-4-17(16)33-22/h5-6,12,15H,1-4,7-10,13H2,(H2,25,30)(H,27,29). The molecule has 0 bridgehead atoms. The first-order valence-electron chi connectivity index (χ1n) is 11.0. The first-order valence-corrected chi connectivity index (χ1v) is 11.8. The van der Waals surface area contributed by atoms with E-state index in [2.05, 4.69) is 15.2 Å². The minimum atomic E-state index is -0.551. The van der Waals surface area contributed by atoms with Crippen molar-refractivity contribution in [3.63, 3.8) is 0 Å². The van der Waals surface area contributed by atoms with Crippen molar-refractivity contribution >= 4 is 39.9 Å². The van der Waals surface area contributed by atoms with Crippen molar-refractivity contribution in [2.24, 2.45) is 11.7 Å². The Bertz CT molecular complexity index is 1100. The molecule has 33 heavy (non-hydrogen) atoms. The summed E-state index contributed by atoms with van der Waals surface area (Å²) in [5.74, 6) is -0.959. The van der Waals surface area contributed by atoms with Crippen LogP contribution >= 0.6 is 11.3 Å². The van der Waals surface area contributed by atoms with Gasteiger partial charge in [-0.1, -0.05) is 0 Å². The highest BCUT2D eigenvalue weighted by Crippen LogP contribution is 2.37. The molecular weight excluding hydrogens is 442 g/mol. The maximum atomic E-state index is 12.5. The van der Waals surface area contributed by atoms with Crippen LogP contribution in [0.4, 0.5) is 10.8 Å². The molecule has 2 aliphatic rings. The van der Waals surface area contributed by atoms with Crippen LogP contribution in [0, 0.1) is 17.2 Å². The molecule has 172 valence electrons. The molecule has 3 heterocycles. The van der Waals surface area contributed by atoms with Gasteiger partial charge in [0, 0.05) is 24.2 Å². The van der Waals surface area contributed by atoms with Crippen LogP contribution in [0.1, 0.15) is 52.0 Å². The first-order chi connectivity index (χ1) is 16.0. The van der Waals surface area contributed by atoms with Crippen LogP contribution < -0.4 is 16.0 Å². The smallest absolute Gasteiger partial charge is 0.309 e. The minimum Gasteiger partial charge on any atom is -0.455 e. The molecule has 1 saturated heterocycles. The third kappa shape index (κ3) is 5.14. The lowest BCUT2D eigenvalue weighted by molar-refractivity contribution is -0.152. The zero-order valence-electron chi connectivity index (χ0n) is 18.1. The molecule has 2 aromatic heterocycles. The Morgan fingerprint density at radius 3 is 2.67 bits per heavy atom. The Morgan fingerprint density at radius 1 is 1.24 bits per heavy atom. The molecule has 0 saturated carbocycles. The Labute approximate surface area is 195 Å². The molecule has 9 nitrogen and oxygen atoms in total. The summed E-state index contributed by atoms with van der Waals surface area (Å²) in [4.78, 5) is 44.2. The van der Waals surface area contributed by atoms with E-state index in [1.807, 2.05) is 6.07 Å². The molecule has 0 unspecified atom stereocenters. The van der Waals surface area contributed by atoms with Crippen LogP contribution in [-0.2, 0) is 27.2 Å². The number of piperidine rings is 1. The van der Waals surface area contributed by atoms with Gasteiger partial charge in [0.2, 0.25) is 0 Å². The topological polar surface area (TPSA) is 138 Å². The van der Waals surface area contributed by atoms with Crippen molar-refractivity contribution in [2.45, 2.75) is 38.5 Å². The number of rotatable bonds is 6. The van der Waals surface area contributed by atoms with Crippen molar-refractivity contribution < 1.29 is 19.1 Å². The van der Waals surface area contributed by atoms with Crippen molar-refractivity contribution in [1.82, 2.24) is 4.98 Å². The lowest BCUT2D eigenvalue weighted by atomic mass is 9.95. The number of hydrogen-bond acceptors (Lipinski definition) is 8. The fourth-order valence-corrected chi connectivity index (χ4v) is 5.63. The van der Waals surface area contributed by atoms with Crippen molar-refractivity contribution in [3.05, 3.63) is 39.9 Å². The van der Waals surface area contributed by atoms with Gasteiger partial charge in [0.1, 0.15) is 16.9 Å². The normalized spacial score (nSPS) is 15.9. The number of esters is 1. The summed E-state index contributed by atoms with van der Waals surface area (Å²) in [5.41, 5.74) is 7.38. The molecule has 4 rings (SSSR count). The molecule has 0 atom stereocenters. The molecule has 1 fully saturated rings. The van der Waals surface area contributed by atoms with Gasteiger partial charge in [-0.15, -0.1) is 11.3 Å². The van der Waals surface area contributed by atoms with Crippen LogP contribution in [0.3, 0.4) is 0 Å². The van der Waals surface area contributed by atoms with Gasteiger partial charge in [0.15, 0.2) is 6.61 Å². The third-order valence-corrected chi connectivity index (χ3v) is 7.25. The van der Waals surface area contributed by atoms with Gasteiger partial charge in [-0.25, -0.2) is 4.98 Å². The van der Waals surface area contributed by atoms with Gasteiger partial charge in [-0.05, 0) is 56.2 Å². The van der Waals surface area contributed by atoms with E-state index in [0.717, 1.165) is 41.9 Å². The minimum absolute atomic E-state index is 0.289. The van der Waals surface area contributed by atoms with E-state index in [0.29, 0.717) is 42.1 Å². The van der Waals surface area contributed by atoms with Gasteiger partial charge in [-0.3, -0.25) is 14.4 Å². The van der Waals surface area contributed by atoms with E-state index in [1.165, 1.54) is 17.5 Å². The number of thiophene rings is 1. The summed E-state index contributed by atoms with van der Waals surface area (Å²) >= 11 is 1.38. The van der Waals surface area contributed by atoms with Gasteiger partial charge >= 0.3 is 5.97 Å². The van der Waals surface area contributed by atoms with E-state index >= 15 is 0 Å². The Kier molecular flexibility index (Phi) is 6.89. The first kappa shape index (κ1) is 22.7. The molecule has 2 amide bonds. The molecule has 0 radical (unpaired) electrons. The predicted octanol–water partition coefficient (Wildman–Crippen LogP) is 2.39. The molecule has 0 spiro atoms. The fourth-order valence-electron chi connectivity index (χ4n) is 4.32. The summed E-state index contributed by atoms with van der Waals surface area (Å²) in [6, 6.07) is 5.55. The maximum Gasteiger partial charge on any atom is 0.309 e. The maximum absolute atomic E-state index is 12.5. The number of fused-ring (bicyclic) bond motifs is 1.